The molecule has 0 radical (unpaired) electrons. The van der Waals surface area contributed by atoms with Crippen molar-refractivity contribution in [1.29, 1.82) is 0 Å². The number of carbonyl (C=O) groups excluding carboxylic acids is 2. The van der Waals surface area contributed by atoms with Gasteiger partial charge in [0.15, 0.2) is 0 Å². The summed E-state index contributed by atoms with van der Waals surface area (Å²) in [5, 5.41) is 0. The van der Waals surface area contributed by atoms with Gasteiger partial charge < -0.3 is 9.53 Å². The quantitative estimate of drug-likeness (QED) is 0.365. The Morgan fingerprint density at radius 1 is 0.750 bits per heavy atom. The Kier molecular flexibility index (Phi) is 8.76. The predicted molar refractivity (Wildman–Crippen MR) is 127 cm³/mol. The van der Waals surface area contributed by atoms with E-state index >= 15 is 0 Å². The van der Waals surface area contributed by atoms with Gasteiger partial charge in [0.05, 0.1) is 6.04 Å². The SMILES string of the molecule is CC(=O)CC[C@H](OC(C)=O)[C@@H](c1ccccc1)N(Cc1ccccc1)Cc1ccccc1. The summed E-state index contributed by atoms with van der Waals surface area (Å²) in [7, 11) is 0. The fourth-order valence-electron chi connectivity index (χ4n) is 4.04. The van der Waals surface area contributed by atoms with Crippen LogP contribution in [0, 0.1) is 0 Å². The van der Waals surface area contributed by atoms with Crippen LogP contribution in [-0.2, 0) is 27.4 Å². The smallest absolute Gasteiger partial charge is 0.302 e. The van der Waals surface area contributed by atoms with Crippen molar-refractivity contribution < 1.29 is 14.3 Å². The lowest BCUT2D eigenvalue weighted by molar-refractivity contribution is -0.151. The standard InChI is InChI=1S/C28H31NO3/c1-22(30)18-19-27(32-23(2)31)28(26-16-10-5-11-17-26)29(20-24-12-6-3-7-13-24)21-25-14-8-4-9-15-25/h3-17,27-28H,18-21H2,1-2H3/t27-,28+/m0/s1. The maximum atomic E-state index is 12.0. The van der Waals surface area contributed by atoms with Crippen LogP contribution >= 0.6 is 0 Å². The van der Waals surface area contributed by atoms with E-state index in [0.717, 1.165) is 5.56 Å². The minimum Gasteiger partial charge on any atom is -0.461 e. The van der Waals surface area contributed by atoms with E-state index in [-0.39, 0.29) is 17.8 Å². The van der Waals surface area contributed by atoms with Crippen molar-refractivity contribution in [2.24, 2.45) is 0 Å². The van der Waals surface area contributed by atoms with Crippen molar-refractivity contribution >= 4 is 11.8 Å². The van der Waals surface area contributed by atoms with E-state index in [1.165, 1.54) is 18.1 Å². The van der Waals surface area contributed by atoms with Crippen LogP contribution in [0.15, 0.2) is 91.0 Å². The molecule has 0 fully saturated rings. The van der Waals surface area contributed by atoms with Gasteiger partial charge in [0.1, 0.15) is 11.9 Å². The molecule has 0 aromatic heterocycles. The van der Waals surface area contributed by atoms with Gasteiger partial charge in [-0.25, -0.2) is 0 Å². The Hall–Kier alpha value is -3.24. The van der Waals surface area contributed by atoms with Gasteiger partial charge >= 0.3 is 5.97 Å². The molecule has 0 heterocycles. The van der Waals surface area contributed by atoms with Crippen LogP contribution in [0.3, 0.4) is 0 Å². The Labute approximate surface area is 190 Å². The molecular formula is C28H31NO3. The third-order valence-electron chi connectivity index (χ3n) is 5.44. The molecule has 0 bridgehead atoms. The van der Waals surface area contributed by atoms with E-state index in [4.69, 9.17) is 4.74 Å². The molecule has 0 aliphatic carbocycles. The molecule has 3 aromatic rings. The second-order valence-electron chi connectivity index (χ2n) is 8.12. The summed E-state index contributed by atoms with van der Waals surface area (Å²) in [5.74, 6) is -0.245. The van der Waals surface area contributed by atoms with Gasteiger partial charge in [-0.1, -0.05) is 91.0 Å². The molecule has 0 aliphatic heterocycles. The first kappa shape index (κ1) is 23.4. The van der Waals surface area contributed by atoms with Crippen molar-refractivity contribution in [2.45, 2.75) is 51.9 Å². The lowest BCUT2D eigenvalue weighted by atomic mass is 9.94. The van der Waals surface area contributed by atoms with E-state index in [2.05, 4.69) is 41.3 Å². The van der Waals surface area contributed by atoms with Gasteiger partial charge in [0.25, 0.3) is 0 Å². The Morgan fingerprint density at radius 3 is 1.66 bits per heavy atom. The van der Waals surface area contributed by atoms with Crippen LogP contribution in [0.5, 0.6) is 0 Å². The monoisotopic (exact) mass is 429 g/mol. The average molecular weight is 430 g/mol. The van der Waals surface area contributed by atoms with Gasteiger partial charge in [0.2, 0.25) is 0 Å². The summed E-state index contributed by atoms with van der Waals surface area (Å²) >= 11 is 0. The molecule has 0 N–H and O–H groups in total. The highest BCUT2D eigenvalue weighted by Crippen LogP contribution is 2.32. The lowest BCUT2D eigenvalue weighted by Crippen LogP contribution is -2.38. The van der Waals surface area contributed by atoms with Gasteiger partial charge in [0, 0.05) is 26.4 Å². The van der Waals surface area contributed by atoms with Gasteiger partial charge in [-0.2, -0.15) is 0 Å². The average Bonchev–Trinajstić information content (AvgIpc) is 2.79. The molecule has 2 atom stereocenters. The zero-order valence-electron chi connectivity index (χ0n) is 18.8. The number of esters is 1. The summed E-state index contributed by atoms with van der Waals surface area (Å²) in [6.07, 6.45) is 0.409. The van der Waals surface area contributed by atoms with Crippen molar-refractivity contribution in [3.05, 3.63) is 108 Å². The maximum absolute atomic E-state index is 12.0. The van der Waals surface area contributed by atoms with Crippen LogP contribution < -0.4 is 0 Å². The number of carbonyl (C=O) groups is 2. The molecule has 3 rings (SSSR count). The number of hydrogen-bond acceptors (Lipinski definition) is 4. The molecule has 4 nitrogen and oxygen atoms in total. The van der Waals surface area contributed by atoms with Crippen LogP contribution in [0.2, 0.25) is 0 Å². The molecule has 32 heavy (non-hydrogen) atoms. The zero-order chi connectivity index (χ0) is 22.8. The first-order valence-electron chi connectivity index (χ1n) is 11.1. The fraction of sp³-hybridized carbons (Fsp3) is 0.286. The van der Waals surface area contributed by atoms with Gasteiger partial charge in [-0.15, -0.1) is 0 Å². The number of rotatable bonds is 11. The summed E-state index contributed by atoms with van der Waals surface area (Å²) in [5.41, 5.74) is 3.42. The van der Waals surface area contributed by atoms with Crippen molar-refractivity contribution in [3.8, 4) is 0 Å². The van der Waals surface area contributed by atoms with Crippen LogP contribution in [0.1, 0.15) is 49.4 Å². The molecule has 0 unspecified atom stereocenters. The number of hydrogen-bond donors (Lipinski definition) is 0. The number of nitrogens with zero attached hydrogens (tertiary/aromatic N) is 1. The number of ether oxygens (including phenoxy) is 1. The highest BCUT2D eigenvalue weighted by Gasteiger charge is 2.32. The van der Waals surface area contributed by atoms with Gasteiger partial charge in [-0.3, -0.25) is 9.69 Å². The van der Waals surface area contributed by atoms with E-state index < -0.39 is 6.10 Å². The van der Waals surface area contributed by atoms with Crippen molar-refractivity contribution in [3.63, 3.8) is 0 Å². The number of Topliss-reactive ketones (excluding diaryl/α,β-unsaturated/α-hetero) is 1. The summed E-state index contributed by atoms with van der Waals surface area (Å²) in [6, 6.07) is 30.5. The van der Waals surface area contributed by atoms with Crippen LogP contribution in [0.25, 0.3) is 0 Å². The minimum absolute atomic E-state index is 0.0895. The molecule has 0 spiro atoms. The second-order valence-corrected chi connectivity index (χ2v) is 8.12. The van der Waals surface area contributed by atoms with Crippen LogP contribution in [0.4, 0.5) is 0 Å². The third-order valence-corrected chi connectivity index (χ3v) is 5.44. The van der Waals surface area contributed by atoms with Crippen LogP contribution in [-0.4, -0.2) is 22.8 Å². The predicted octanol–water partition coefficient (Wildman–Crippen LogP) is 5.73. The summed E-state index contributed by atoms with van der Waals surface area (Å²) < 4.78 is 5.84. The van der Waals surface area contributed by atoms with Crippen molar-refractivity contribution in [1.82, 2.24) is 4.90 Å². The van der Waals surface area contributed by atoms with E-state index in [1.807, 2.05) is 54.6 Å². The highest BCUT2D eigenvalue weighted by atomic mass is 16.5. The minimum atomic E-state index is -0.439. The molecule has 166 valence electrons. The van der Waals surface area contributed by atoms with Crippen molar-refractivity contribution in [2.75, 3.05) is 0 Å². The normalized spacial score (nSPS) is 12.8. The van der Waals surface area contributed by atoms with E-state index in [1.54, 1.807) is 6.92 Å². The third kappa shape index (κ3) is 7.17. The molecule has 3 aromatic carbocycles. The fourth-order valence-corrected chi connectivity index (χ4v) is 4.04. The molecule has 0 saturated heterocycles. The maximum Gasteiger partial charge on any atom is 0.302 e. The largest absolute Gasteiger partial charge is 0.461 e. The Bertz CT molecular complexity index is 932. The first-order chi connectivity index (χ1) is 15.5. The second kappa shape index (κ2) is 12.0. The molecule has 0 aliphatic rings. The zero-order valence-corrected chi connectivity index (χ0v) is 18.8. The Morgan fingerprint density at radius 2 is 1.22 bits per heavy atom. The summed E-state index contributed by atoms with van der Waals surface area (Å²) in [4.78, 5) is 26.2. The number of ketones is 1. The Balaban J connectivity index is 2.03. The highest BCUT2D eigenvalue weighted by molar-refractivity contribution is 5.75. The van der Waals surface area contributed by atoms with E-state index in [0.29, 0.717) is 25.9 Å². The molecule has 4 heteroatoms. The first-order valence-corrected chi connectivity index (χ1v) is 11.1. The molecular weight excluding hydrogens is 398 g/mol. The van der Waals surface area contributed by atoms with E-state index in [9.17, 15) is 9.59 Å². The van der Waals surface area contributed by atoms with Gasteiger partial charge in [-0.05, 0) is 30.0 Å². The molecule has 0 saturated carbocycles. The lowest BCUT2D eigenvalue weighted by Gasteiger charge is -2.37. The number of benzene rings is 3. The topological polar surface area (TPSA) is 46.6 Å². The summed E-state index contributed by atoms with van der Waals surface area (Å²) in [6.45, 7) is 4.38. The molecule has 0 amide bonds.